The summed E-state index contributed by atoms with van der Waals surface area (Å²) in [5, 5.41) is 2.59. The van der Waals surface area contributed by atoms with Crippen molar-refractivity contribution in [2.24, 2.45) is 17.8 Å². The van der Waals surface area contributed by atoms with Crippen LogP contribution >= 0.6 is 0 Å². The number of fused-ring (bicyclic) bond motifs is 1. The van der Waals surface area contributed by atoms with Gasteiger partial charge in [-0.2, -0.15) is 0 Å². The first-order valence-corrected chi connectivity index (χ1v) is 11.2. The molecule has 0 saturated heterocycles. The Kier molecular flexibility index (Phi) is 24.8. The molecule has 0 spiro atoms. The van der Waals surface area contributed by atoms with Crippen molar-refractivity contribution < 1.29 is 47.4 Å². The van der Waals surface area contributed by atoms with Gasteiger partial charge in [0.05, 0.1) is 0 Å². The molecule has 0 radical (unpaired) electrons. The Balaban J connectivity index is -0.000000798. The third-order valence-electron chi connectivity index (χ3n) is 5.20. The third kappa shape index (κ3) is 12.7. The monoisotopic (exact) mass is 618 g/mol. The molecule has 3 atom stereocenters. The summed E-state index contributed by atoms with van der Waals surface area (Å²) < 4.78 is 45.2. The zero-order valence-electron chi connectivity index (χ0n) is 18.8. The molecule has 1 aliphatic carbocycles. The van der Waals surface area contributed by atoms with Crippen molar-refractivity contribution in [1.29, 1.82) is 0 Å². The van der Waals surface area contributed by atoms with Gasteiger partial charge in [-0.25, -0.2) is 0 Å². The minimum atomic E-state index is 0.387. The molecular weight excluding hydrogens is 592 g/mol. The number of rotatable bonds is 4. The second-order valence-electron chi connectivity index (χ2n) is 7.33. The molecule has 0 aromatic heterocycles. The van der Waals surface area contributed by atoms with E-state index in [9.17, 15) is 0 Å². The summed E-state index contributed by atoms with van der Waals surface area (Å²) in [6.45, 7) is 29.6. The van der Waals surface area contributed by atoms with E-state index in [1.165, 1.54) is 55.0 Å². The quantitative estimate of drug-likeness (QED) is 0.343. The second-order valence-corrected chi connectivity index (χ2v) is 8.66. The Morgan fingerprint density at radius 2 is 1.36 bits per heavy atom. The van der Waals surface area contributed by atoms with Gasteiger partial charge in [0.1, 0.15) is 0 Å². The second kappa shape index (κ2) is 23.1. The van der Waals surface area contributed by atoms with E-state index in [1.807, 2.05) is 0 Å². The van der Waals surface area contributed by atoms with Gasteiger partial charge < -0.3 is 0 Å². The molecule has 1 aliphatic rings. The van der Waals surface area contributed by atoms with E-state index in [2.05, 4.69) is 96.5 Å². The van der Waals surface area contributed by atoms with Crippen molar-refractivity contribution in [3.8, 4) is 0 Å². The van der Waals surface area contributed by atoms with E-state index >= 15 is 0 Å². The molecule has 7 heteroatoms. The zero-order chi connectivity index (χ0) is 26.4. The first-order valence-electron chi connectivity index (χ1n) is 9.76. The molecule has 0 bridgehead atoms. The van der Waals surface area contributed by atoms with Crippen LogP contribution in [0.5, 0.6) is 0 Å². The SMILES string of the molecule is CC(C)[C@@H]1CC[C@@H](C)C[C@H]1O[C](=[W])c1ccc2ccccc2c1.[C-]#[O+].[C-]#[O+].[C-]#[O+].[C-]#[O+].[C-]#[O+]. The number of ether oxygens (including phenoxy) is 1. The topological polar surface area (TPSA) is 109 Å². The fourth-order valence-corrected chi connectivity index (χ4v) is 4.67. The predicted octanol–water partition coefficient (Wildman–Crippen LogP) is 5.15. The average molecular weight is 618 g/mol. The van der Waals surface area contributed by atoms with Crippen LogP contribution in [0.2, 0.25) is 0 Å². The zero-order valence-corrected chi connectivity index (χ0v) is 21.8. The summed E-state index contributed by atoms with van der Waals surface area (Å²) in [7, 11) is 0. The molecular formula is C26H26O6W. The molecule has 3 rings (SSSR count). The molecule has 2 aromatic rings. The van der Waals surface area contributed by atoms with E-state index in [0.29, 0.717) is 17.9 Å². The molecule has 1 fully saturated rings. The number of hydrogen-bond donors (Lipinski definition) is 0. The standard InChI is InChI=1S/C21H26O.5CO.W/c1-15(2)20-11-8-16(3)12-21(20)22-14-17-9-10-18-6-4-5-7-19(18)13-17;5*1-2;/h4-7,9-10,13,15-16,20-21H,8,11-12H2,1-3H3;;;;;;/t16-,20+,21-;;;;;;/m1....../s1. The maximum atomic E-state index is 7.50. The fourth-order valence-electron chi connectivity index (χ4n) is 3.77. The molecule has 0 aliphatic heterocycles. The van der Waals surface area contributed by atoms with Gasteiger partial charge >= 0.3 is 207 Å². The Labute approximate surface area is 207 Å². The Hall–Kier alpha value is -2.08. The van der Waals surface area contributed by atoms with Crippen LogP contribution in [-0.2, 0) is 47.4 Å². The van der Waals surface area contributed by atoms with Crippen molar-refractivity contribution in [3.63, 3.8) is 0 Å². The summed E-state index contributed by atoms with van der Waals surface area (Å²) in [5.74, 6) is 2.18. The molecule has 172 valence electrons. The first-order chi connectivity index (χ1) is 16.0. The molecule has 0 heterocycles. The summed E-state index contributed by atoms with van der Waals surface area (Å²) in [6.07, 6.45) is 4.25. The van der Waals surface area contributed by atoms with E-state index in [-0.39, 0.29) is 0 Å². The van der Waals surface area contributed by atoms with Crippen LogP contribution in [0.3, 0.4) is 0 Å². The minimum absolute atomic E-state index is 0.387. The fraction of sp³-hybridized carbons (Fsp3) is 0.385. The number of hydrogen-bond acceptors (Lipinski definition) is 1. The summed E-state index contributed by atoms with van der Waals surface area (Å²) >= 11 is 1.43. The van der Waals surface area contributed by atoms with Crippen LogP contribution in [0.25, 0.3) is 10.8 Å². The molecule has 0 unspecified atom stereocenters. The van der Waals surface area contributed by atoms with Crippen molar-refractivity contribution >= 4 is 14.9 Å². The predicted molar refractivity (Wildman–Crippen MR) is 114 cm³/mol. The van der Waals surface area contributed by atoms with Crippen LogP contribution in [0.4, 0.5) is 0 Å². The van der Waals surface area contributed by atoms with Gasteiger partial charge in [-0.15, -0.1) is 0 Å². The van der Waals surface area contributed by atoms with Gasteiger partial charge in [-0.3, -0.25) is 0 Å². The van der Waals surface area contributed by atoms with Gasteiger partial charge in [0, 0.05) is 0 Å². The molecule has 0 N–H and O–H groups in total. The van der Waals surface area contributed by atoms with Gasteiger partial charge in [0.15, 0.2) is 0 Å². The normalized spacial score (nSPS) is 17.7. The van der Waals surface area contributed by atoms with Crippen LogP contribution in [0, 0.1) is 51.0 Å². The van der Waals surface area contributed by atoms with E-state index in [1.54, 1.807) is 0 Å². The van der Waals surface area contributed by atoms with Crippen molar-refractivity contribution in [2.45, 2.75) is 46.1 Å². The van der Waals surface area contributed by atoms with Crippen LogP contribution in [0.15, 0.2) is 42.5 Å². The van der Waals surface area contributed by atoms with Gasteiger partial charge in [0.25, 0.3) is 0 Å². The molecule has 2 aromatic carbocycles. The first kappa shape index (κ1) is 35.5. The Morgan fingerprint density at radius 1 is 0.848 bits per heavy atom. The van der Waals surface area contributed by atoms with Gasteiger partial charge in [-0.1, -0.05) is 0 Å². The Bertz CT molecular complexity index is 875. The summed E-state index contributed by atoms with van der Waals surface area (Å²) in [4.78, 5) is 0. The Morgan fingerprint density at radius 3 is 1.88 bits per heavy atom. The number of benzene rings is 2. The van der Waals surface area contributed by atoms with Crippen LogP contribution < -0.4 is 0 Å². The van der Waals surface area contributed by atoms with Gasteiger partial charge in [-0.05, 0) is 0 Å². The third-order valence-corrected chi connectivity index (χ3v) is 6.40. The molecule has 33 heavy (non-hydrogen) atoms. The summed E-state index contributed by atoms with van der Waals surface area (Å²) in [6, 6.07) is 15.2. The molecule has 0 amide bonds. The average Bonchev–Trinajstić information content (AvgIpc) is 2.89. The van der Waals surface area contributed by atoms with E-state index < -0.39 is 0 Å². The van der Waals surface area contributed by atoms with Crippen LogP contribution in [-0.4, -0.2) is 10.2 Å². The van der Waals surface area contributed by atoms with E-state index in [4.69, 9.17) is 28.0 Å². The van der Waals surface area contributed by atoms with E-state index in [0.717, 1.165) is 10.0 Å². The van der Waals surface area contributed by atoms with Crippen molar-refractivity contribution in [3.05, 3.63) is 81.3 Å². The summed E-state index contributed by atoms with van der Waals surface area (Å²) in [5.41, 5.74) is 1.25. The molecule has 1 saturated carbocycles. The van der Waals surface area contributed by atoms with Crippen molar-refractivity contribution in [1.82, 2.24) is 0 Å². The maximum absolute atomic E-state index is 7.50. The van der Waals surface area contributed by atoms with Crippen molar-refractivity contribution in [2.75, 3.05) is 0 Å². The van der Waals surface area contributed by atoms with Gasteiger partial charge in [0.2, 0.25) is 0 Å². The van der Waals surface area contributed by atoms with Crippen LogP contribution in [0.1, 0.15) is 45.6 Å². The molecule has 6 nitrogen and oxygen atoms in total.